The van der Waals surface area contributed by atoms with Crippen LogP contribution in [0.15, 0.2) is 48.8 Å². The van der Waals surface area contributed by atoms with Gasteiger partial charge in [-0.15, -0.1) is 0 Å². The number of nitrogens with zero attached hydrogens (tertiary/aromatic N) is 5. The number of anilines is 1. The Labute approximate surface area is 181 Å². The van der Waals surface area contributed by atoms with E-state index in [9.17, 15) is 4.79 Å². The summed E-state index contributed by atoms with van der Waals surface area (Å²) in [5.41, 5.74) is 4.28. The van der Waals surface area contributed by atoms with Crippen molar-refractivity contribution in [3.8, 4) is 11.8 Å². The highest BCUT2D eigenvalue weighted by molar-refractivity contribution is 5.94. The summed E-state index contributed by atoms with van der Waals surface area (Å²) < 4.78 is 12.1. The molecule has 0 N–H and O–H groups in total. The fourth-order valence-corrected chi connectivity index (χ4v) is 3.75. The van der Waals surface area contributed by atoms with Crippen molar-refractivity contribution in [1.29, 1.82) is 5.26 Å². The standard InChI is InChI=1S/C23H25N5O3/c1-30-13-14-31-23(29)18-5-6-22-21(15-18)25-17-28(22)20-4-2-3-19(16-20)27-11-9-26(8-7-24)10-12-27/h2-6,15-17H,8-14H2,1H3. The maximum Gasteiger partial charge on any atom is 0.338 e. The van der Waals surface area contributed by atoms with Crippen molar-refractivity contribution in [2.75, 3.05) is 57.9 Å². The molecule has 8 heteroatoms. The van der Waals surface area contributed by atoms with Crippen molar-refractivity contribution in [2.45, 2.75) is 0 Å². The van der Waals surface area contributed by atoms with Crippen LogP contribution in [-0.2, 0) is 9.47 Å². The fourth-order valence-electron chi connectivity index (χ4n) is 3.75. The number of fused-ring (bicyclic) bond motifs is 1. The van der Waals surface area contributed by atoms with E-state index in [0.717, 1.165) is 48.6 Å². The van der Waals surface area contributed by atoms with Crippen LogP contribution in [0.1, 0.15) is 10.4 Å². The first kappa shape index (κ1) is 20.8. The van der Waals surface area contributed by atoms with Gasteiger partial charge in [0.2, 0.25) is 0 Å². The molecule has 4 rings (SSSR count). The second kappa shape index (κ2) is 9.60. The molecule has 0 radical (unpaired) electrons. The summed E-state index contributed by atoms with van der Waals surface area (Å²) in [4.78, 5) is 21.2. The minimum atomic E-state index is -0.383. The Hall–Kier alpha value is -3.41. The fraction of sp³-hybridized carbons (Fsp3) is 0.348. The van der Waals surface area contributed by atoms with E-state index in [1.54, 1.807) is 25.6 Å². The summed E-state index contributed by atoms with van der Waals surface area (Å²) in [7, 11) is 1.57. The van der Waals surface area contributed by atoms with Gasteiger partial charge < -0.3 is 14.4 Å². The van der Waals surface area contributed by atoms with Crippen molar-refractivity contribution >= 4 is 22.7 Å². The van der Waals surface area contributed by atoms with E-state index >= 15 is 0 Å². The SMILES string of the molecule is COCCOC(=O)c1ccc2c(c1)ncn2-c1cccc(N2CCN(CC#N)CC2)c1. The number of methoxy groups -OCH3 is 1. The van der Waals surface area contributed by atoms with Gasteiger partial charge in [0, 0.05) is 44.7 Å². The number of benzene rings is 2. The van der Waals surface area contributed by atoms with Crippen LogP contribution in [0.4, 0.5) is 5.69 Å². The van der Waals surface area contributed by atoms with Gasteiger partial charge in [-0.25, -0.2) is 9.78 Å². The van der Waals surface area contributed by atoms with E-state index in [1.807, 2.05) is 22.8 Å². The molecule has 1 aliphatic rings. The number of nitriles is 1. The molecule has 0 aliphatic carbocycles. The Morgan fingerprint density at radius 2 is 1.90 bits per heavy atom. The molecule has 1 fully saturated rings. The smallest absolute Gasteiger partial charge is 0.338 e. The van der Waals surface area contributed by atoms with Crippen molar-refractivity contribution in [1.82, 2.24) is 14.5 Å². The van der Waals surface area contributed by atoms with E-state index in [0.29, 0.717) is 18.7 Å². The lowest BCUT2D eigenvalue weighted by Gasteiger charge is -2.35. The third kappa shape index (κ3) is 4.68. The van der Waals surface area contributed by atoms with Crippen LogP contribution in [0, 0.1) is 11.3 Å². The quantitative estimate of drug-likeness (QED) is 0.330. The van der Waals surface area contributed by atoms with Gasteiger partial charge in [-0.2, -0.15) is 5.26 Å². The summed E-state index contributed by atoms with van der Waals surface area (Å²) >= 11 is 0. The highest BCUT2D eigenvalue weighted by Gasteiger charge is 2.17. The summed E-state index contributed by atoms with van der Waals surface area (Å²) in [6, 6.07) is 16.0. The van der Waals surface area contributed by atoms with Crippen molar-refractivity contribution in [3.05, 3.63) is 54.4 Å². The van der Waals surface area contributed by atoms with Gasteiger partial charge in [0.05, 0.1) is 35.8 Å². The van der Waals surface area contributed by atoms with Crippen LogP contribution in [0.5, 0.6) is 0 Å². The minimum Gasteiger partial charge on any atom is -0.460 e. The highest BCUT2D eigenvalue weighted by Crippen LogP contribution is 2.24. The largest absolute Gasteiger partial charge is 0.460 e. The van der Waals surface area contributed by atoms with Crippen molar-refractivity contribution in [3.63, 3.8) is 0 Å². The number of hydrogen-bond donors (Lipinski definition) is 0. The zero-order valence-corrected chi connectivity index (χ0v) is 17.5. The van der Waals surface area contributed by atoms with Crippen molar-refractivity contribution < 1.29 is 14.3 Å². The van der Waals surface area contributed by atoms with Gasteiger partial charge in [-0.1, -0.05) is 6.07 Å². The normalized spacial score (nSPS) is 14.5. The maximum atomic E-state index is 12.2. The summed E-state index contributed by atoms with van der Waals surface area (Å²) in [6.45, 7) is 4.63. The molecule has 0 unspecified atom stereocenters. The van der Waals surface area contributed by atoms with E-state index in [2.05, 4.69) is 33.0 Å². The van der Waals surface area contributed by atoms with Gasteiger partial charge in [0.15, 0.2) is 0 Å². The molecule has 31 heavy (non-hydrogen) atoms. The van der Waals surface area contributed by atoms with Gasteiger partial charge in [0.1, 0.15) is 12.9 Å². The molecule has 0 spiro atoms. The van der Waals surface area contributed by atoms with E-state index in [4.69, 9.17) is 14.7 Å². The molecule has 1 saturated heterocycles. The van der Waals surface area contributed by atoms with E-state index < -0.39 is 0 Å². The average Bonchev–Trinajstić information content (AvgIpc) is 3.23. The number of hydrogen-bond acceptors (Lipinski definition) is 7. The number of aromatic nitrogens is 2. The molecular formula is C23H25N5O3. The van der Waals surface area contributed by atoms with E-state index in [1.165, 1.54) is 0 Å². The third-order valence-corrected chi connectivity index (χ3v) is 5.44. The first-order valence-corrected chi connectivity index (χ1v) is 10.3. The molecule has 8 nitrogen and oxygen atoms in total. The van der Waals surface area contributed by atoms with Crippen LogP contribution >= 0.6 is 0 Å². The summed E-state index contributed by atoms with van der Waals surface area (Å²) in [5.74, 6) is -0.383. The predicted molar refractivity (Wildman–Crippen MR) is 117 cm³/mol. The van der Waals surface area contributed by atoms with Gasteiger partial charge in [-0.3, -0.25) is 9.47 Å². The molecular weight excluding hydrogens is 394 g/mol. The van der Waals surface area contributed by atoms with Gasteiger partial charge in [-0.05, 0) is 36.4 Å². The zero-order valence-electron chi connectivity index (χ0n) is 17.5. The molecule has 0 bridgehead atoms. The molecule has 1 aromatic heterocycles. The molecule has 1 aliphatic heterocycles. The first-order valence-electron chi connectivity index (χ1n) is 10.3. The topological polar surface area (TPSA) is 83.6 Å². The molecule has 160 valence electrons. The highest BCUT2D eigenvalue weighted by atomic mass is 16.6. The van der Waals surface area contributed by atoms with E-state index in [-0.39, 0.29) is 12.6 Å². The second-order valence-electron chi connectivity index (χ2n) is 7.39. The third-order valence-electron chi connectivity index (χ3n) is 5.44. The Balaban J connectivity index is 1.52. The number of esters is 1. The predicted octanol–water partition coefficient (Wildman–Crippen LogP) is 2.47. The lowest BCUT2D eigenvalue weighted by molar-refractivity contribution is 0.0388. The monoisotopic (exact) mass is 419 g/mol. The number of carbonyl (C=O) groups is 1. The van der Waals surface area contributed by atoms with Gasteiger partial charge in [0.25, 0.3) is 0 Å². The van der Waals surface area contributed by atoms with Crippen LogP contribution in [0.25, 0.3) is 16.7 Å². The number of rotatable bonds is 7. The maximum absolute atomic E-state index is 12.2. The second-order valence-corrected chi connectivity index (χ2v) is 7.39. The Kier molecular flexibility index (Phi) is 6.46. The molecule has 0 amide bonds. The summed E-state index contributed by atoms with van der Waals surface area (Å²) in [6.07, 6.45) is 1.77. The van der Waals surface area contributed by atoms with Crippen LogP contribution in [-0.4, -0.2) is 73.5 Å². The molecule has 2 aromatic carbocycles. The average molecular weight is 419 g/mol. The lowest BCUT2D eigenvalue weighted by atomic mass is 10.2. The Morgan fingerprint density at radius 1 is 1.10 bits per heavy atom. The van der Waals surface area contributed by atoms with Crippen LogP contribution < -0.4 is 4.90 Å². The number of imidazole rings is 1. The minimum absolute atomic E-state index is 0.222. The number of piperazine rings is 1. The molecule has 0 saturated carbocycles. The number of carbonyl (C=O) groups excluding carboxylic acids is 1. The zero-order chi connectivity index (χ0) is 21.6. The Morgan fingerprint density at radius 3 is 2.68 bits per heavy atom. The van der Waals surface area contributed by atoms with Crippen LogP contribution in [0.2, 0.25) is 0 Å². The Bertz CT molecular complexity index is 1100. The summed E-state index contributed by atoms with van der Waals surface area (Å²) in [5, 5.41) is 8.88. The molecule has 3 aromatic rings. The first-order chi connectivity index (χ1) is 15.2. The lowest BCUT2D eigenvalue weighted by Crippen LogP contribution is -2.46. The number of ether oxygens (including phenoxy) is 2. The van der Waals surface area contributed by atoms with Crippen LogP contribution in [0.3, 0.4) is 0 Å². The molecule has 0 atom stereocenters. The van der Waals surface area contributed by atoms with Crippen molar-refractivity contribution in [2.24, 2.45) is 0 Å². The molecule has 2 heterocycles. The van der Waals surface area contributed by atoms with Gasteiger partial charge >= 0.3 is 5.97 Å².